The number of carbonyl (C=O) groups excluding carboxylic acids is 1. The summed E-state index contributed by atoms with van der Waals surface area (Å²) in [5.74, 6) is 0.385. The third-order valence-electron chi connectivity index (χ3n) is 4.20. The molecule has 2 aliphatic heterocycles. The lowest BCUT2D eigenvalue weighted by Crippen LogP contribution is -2.39. The van der Waals surface area contributed by atoms with E-state index in [0.717, 1.165) is 39.0 Å². The van der Waals surface area contributed by atoms with E-state index in [-0.39, 0.29) is 0 Å². The molecular weight excluding hydrogens is 212 g/mol. The van der Waals surface area contributed by atoms with Crippen LogP contribution in [0.3, 0.4) is 0 Å². The summed E-state index contributed by atoms with van der Waals surface area (Å²) in [6.45, 7) is 10.8. The zero-order valence-corrected chi connectivity index (χ0v) is 11.5. The second-order valence-corrected chi connectivity index (χ2v) is 7.05. The standard InChI is InChI=1S/C14H26N2O/c1-13(2,3)6-9-16-11-14(10-12(16)17)4-7-15-8-5-14/h15H,4-11H2,1-3H3. The molecule has 17 heavy (non-hydrogen) atoms. The molecule has 2 rings (SSSR count). The van der Waals surface area contributed by atoms with Gasteiger partial charge in [0.05, 0.1) is 0 Å². The van der Waals surface area contributed by atoms with Crippen molar-refractivity contribution >= 4 is 5.91 Å². The molecule has 2 fully saturated rings. The van der Waals surface area contributed by atoms with Crippen LogP contribution < -0.4 is 5.32 Å². The minimum Gasteiger partial charge on any atom is -0.342 e. The first-order chi connectivity index (χ1) is 7.90. The highest BCUT2D eigenvalue weighted by Gasteiger charge is 2.43. The summed E-state index contributed by atoms with van der Waals surface area (Å²) in [4.78, 5) is 14.2. The van der Waals surface area contributed by atoms with E-state index in [1.54, 1.807) is 0 Å². The van der Waals surface area contributed by atoms with E-state index in [2.05, 4.69) is 31.0 Å². The second-order valence-electron chi connectivity index (χ2n) is 7.05. The predicted octanol–water partition coefficient (Wildman–Crippen LogP) is 2.02. The highest BCUT2D eigenvalue weighted by atomic mass is 16.2. The van der Waals surface area contributed by atoms with Crippen molar-refractivity contribution in [3.05, 3.63) is 0 Å². The Bertz CT molecular complexity index is 287. The highest BCUT2D eigenvalue weighted by molar-refractivity contribution is 5.79. The topological polar surface area (TPSA) is 32.3 Å². The van der Waals surface area contributed by atoms with E-state index in [1.165, 1.54) is 12.8 Å². The molecule has 2 heterocycles. The lowest BCUT2D eigenvalue weighted by atomic mass is 9.78. The Kier molecular flexibility index (Phi) is 3.48. The monoisotopic (exact) mass is 238 g/mol. The smallest absolute Gasteiger partial charge is 0.223 e. The Labute approximate surface area is 105 Å². The van der Waals surface area contributed by atoms with Gasteiger partial charge in [-0.15, -0.1) is 0 Å². The van der Waals surface area contributed by atoms with Crippen molar-refractivity contribution < 1.29 is 4.79 Å². The molecule has 0 saturated carbocycles. The van der Waals surface area contributed by atoms with Crippen LogP contribution >= 0.6 is 0 Å². The molecule has 0 aromatic rings. The summed E-state index contributed by atoms with van der Waals surface area (Å²) >= 11 is 0. The molecule has 3 nitrogen and oxygen atoms in total. The molecule has 1 spiro atoms. The predicted molar refractivity (Wildman–Crippen MR) is 69.8 cm³/mol. The summed E-state index contributed by atoms with van der Waals surface area (Å²) in [6.07, 6.45) is 4.24. The summed E-state index contributed by atoms with van der Waals surface area (Å²) in [6, 6.07) is 0. The van der Waals surface area contributed by atoms with Crippen LogP contribution in [0.5, 0.6) is 0 Å². The van der Waals surface area contributed by atoms with E-state index < -0.39 is 0 Å². The molecule has 1 N–H and O–H groups in total. The molecule has 0 aromatic carbocycles. The molecule has 0 atom stereocenters. The molecule has 0 radical (unpaired) electrons. The van der Waals surface area contributed by atoms with E-state index >= 15 is 0 Å². The van der Waals surface area contributed by atoms with Gasteiger partial charge in [0.1, 0.15) is 0 Å². The van der Waals surface area contributed by atoms with Gasteiger partial charge in [-0.1, -0.05) is 20.8 Å². The number of rotatable bonds is 2. The largest absolute Gasteiger partial charge is 0.342 e. The fraction of sp³-hybridized carbons (Fsp3) is 0.929. The van der Waals surface area contributed by atoms with Crippen LogP contribution in [0.15, 0.2) is 0 Å². The molecular formula is C14H26N2O. The maximum Gasteiger partial charge on any atom is 0.223 e. The zero-order chi connectivity index (χ0) is 12.5. The first kappa shape index (κ1) is 12.9. The van der Waals surface area contributed by atoms with Gasteiger partial charge in [-0.05, 0) is 43.2 Å². The van der Waals surface area contributed by atoms with Gasteiger partial charge in [0, 0.05) is 19.5 Å². The Morgan fingerprint density at radius 2 is 1.94 bits per heavy atom. The Morgan fingerprint density at radius 1 is 1.29 bits per heavy atom. The summed E-state index contributed by atoms with van der Waals surface area (Å²) in [5.41, 5.74) is 0.629. The molecule has 0 aliphatic carbocycles. The Balaban J connectivity index is 1.90. The normalized spacial score (nSPS) is 24.6. The van der Waals surface area contributed by atoms with Crippen molar-refractivity contribution in [3.63, 3.8) is 0 Å². The van der Waals surface area contributed by atoms with Crippen molar-refractivity contribution in [2.75, 3.05) is 26.2 Å². The van der Waals surface area contributed by atoms with Crippen molar-refractivity contribution in [1.82, 2.24) is 10.2 Å². The van der Waals surface area contributed by atoms with Crippen molar-refractivity contribution in [2.45, 2.75) is 46.5 Å². The van der Waals surface area contributed by atoms with Crippen LogP contribution in [0.1, 0.15) is 46.5 Å². The highest BCUT2D eigenvalue weighted by Crippen LogP contribution is 2.39. The van der Waals surface area contributed by atoms with E-state index in [9.17, 15) is 4.79 Å². The van der Waals surface area contributed by atoms with Crippen LogP contribution in [0.4, 0.5) is 0 Å². The minimum absolute atomic E-state index is 0.306. The molecule has 3 heteroatoms. The van der Waals surface area contributed by atoms with Gasteiger partial charge in [0.15, 0.2) is 0 Å². The molecule has 0 unspecified atom stereocenters. The fourth-order valence-corrected chi connectivity index (χ4v) is 2.95. The molecule has 0 bridgehead atoms. The third kappa shape index (κ3) is 3.21. The van der Waals surface area contributed by atoms with Gasteiger partial charge in [-0.2, -0.15) is 0 Å². The van der Waals surface area contributed by atoms with Crippen molar-refractivity contribution in [1.29, 1.82) is 0 Å². The van der Waals surface area contributed by atoms with Gasteiger partial charge < -0.3 is 10.2 Å². The average Bonchev–Trinajstić information content (AvgIpc) is 2.52. The summed E-state index contributed by atoms with van der Waals surface area (Å²) in [7, 11) is 0. The Hall–Kier alpha value is -0.570. The molecule has 2 aliphatic rings. The van der Waals surface area contributed by atoms with Gasteiger partial charge in [-0.25, -0.2) is 0 Å². The molecule has 2 saturated heterocycles. The third-order valence-corrected chi connectivity index (χ3v) is 4.20. The molecule has 1 amide bonds. The van der Waals surface area contributed by atoms with Crippen molar-refractivity contribution in [2.24, 2.45) is 10.8 Å². The number of nitrogens with zero attached hydrogens (tertiary/aromatic N) is 1. The van der Waals surface area contributed by atoms with Crippen LogP contribution in [0, 0.1) is 10.8 Å². The van der Waals surface area contributed by atoms with Gasteiger partial charge in [0.25, 0.3) is 0 Å². The molecule has 98 valence electrons. The molecule has 0 aromatic heterocycles. The number of carbonyl (C=O) groups is 1. The summed E-state index contributed by atoms with van der Waals surface area (Å²) < 4.78 is 0. The Morgan fingerprint density at radius 3 is 2.53 bits per heavy atom. The van der Waals surface area contributed by atoms with Gasteiger partial charge in [0.2, 0.25) is 5.91 Å². The quantitative estimate of drug-likeness (QED) is 0.798. The number of likely N-dealkylation sites (tertiary alicyclic amines) is 1. The van der Waals surface area contributed by atoms with Crippen LogP contribution in [0.25, 0.3) is 0 Å². The zero-order valence-electron chi connectivity index (χ0n) is 11.5. The van der Waals surface area contributed by atoms with Gasteiger partial charge in [-0.3, -0.25) is 4.79 Å². The number of nitrogens with one attached hydrogen (secondary N) is 1. The van der Waals surface area contributed by atoms with Crippen LogP contribution in [-0.2, 0) is 4.79 Å². The first-order valence-corrected chi connectivity index (χ1v) is 6.89. The van der Waals surface area contributed by atoms with E-state index in [0.29, 0.717) is 16.7 Å². The number of amides is 1. The summed E-state index contributed by atoms with van der Waals surface area (Å²) in [5, 5.41) is 3.39. The van der Waals surface area contributed by atoms with Crippen molar-refractivity contribution in [3.8, 4) is 0 Å². The van der Waals surface area contributed by atoms with Gasteiger partial charge >= 0.3 is 0 Å². The fourth-order valence-electron chi connectivity index (χ4n) is 2.95. The maximum absolute atomic E-state index is 12.1. The second kappa shape index (κ2) is 4.60. The van der Waals surface area contributed by atoms with E-state index in [4.69, 9.17) is 0 Å². The van der Waals surface area contributed by atoms with E-state index in [1.807, 2.05) is 0 Å². The first-order valence-electron chi connectivity index (χ1n) is 6.89. The SMILES string of the molecule is CC(C)(C)CCN1CC2(CCNCC2)CC1=O. The lowest BCUT2D eigenvalue weighted by Gasteiger charge is -2.33. The lowest BCUT2D eigenvalue weighted by molar-refractivity contribution is -0.128. The minimum atomic E-state index is 0.306. The number of hydrogen-bond donors (Lipinski definition) is 1. The number of piperidine rings is 1. The maximum atomic E-state index is 12.1. The average molecular weight is 238 g/mol. The van der Waals surface area contributed by atoms with Crippen LogP contribution in [0.2, 0.25) is 0 Å². The number of hydrogen-bond acceptors (Lipinski definition) is 2. The van der Waals surface area contributed by atoms with Crippen LogP contribution in [-0.4, -0.2) is 37.0 Å².